The molecule has 0 aromatic carbocycles. The molecule has 27 heavy (non-hydrogen) atoms. The van der Waals surface area contributed by atoms with E-state index in [9.17, 15) is 14.4 Å². The molecule has 1 atom stereocenters. The van der Waals surface area contributed by atoms with Gasteiger partial charge < -0.3 is 15.0 Å². The number of hydrogen-bond donors (Lipinski definition) is 2. The second-order valence-corrected chi connectivity index (χ2v) is 5.59. The minimum atomic E-state index is -1.03. The molecule has 0 radical (unpaired) electrons. The number of aromatic nitrogens is 2. The third-order valence-corrected chi connectivity index (χ3v) is 3.47. The van der Waals surface area contributed by atoms with Crippen LogP contribution in [0.2, 0.25) is 0 Å². The number of nitrogens with zero attached hydrogens (tertiary/aromatic N) is 3. The number of hydrogen-bond acceptors (Lipinski definition) is 7. The number of rotatable bonds is 8. The Hall–Kier alpha value is -3.33. The van der Waals surface area contributed by atoms with Gasteiger partial charge in [-0.2, -0.15) is 5.10 Å². The zero-order valence-corrected chi connectivity index (χ0v) is 14.9. The monoisotopic (exact) mass is 371 g/mol. The van der Waals surface area contributed by atoms with Crippen LogP contribution in [0.3, 0.4) is 0 Å². The minimum Gasteiger partial charge on any atom is -0.465 e. The number of carbonyl (C=O) groups is 2. The van der Waals surface area contributed by atoms with Gasteiger partial charge in [0.2, 0.25) is 5.91 Å². The lowest BCUT2D eigenvalue weighted by atomic mass is 10.2. The summed E-state index contributed by atoms with van der Waals surface area (Å²) in [5.74, 6) is -0.996. The first-order valence-electron chi connectivity index (χ1n) is 8.33. The fourth-order valence-corrected chi connectivity index (χ4v) is 2.13. The standard InChI is InChI=1S/C18H21N5O4/c1-2-27-18(26)15(19)11-21-22-16(24)9-13-6-7-14(20-10-13)12-23-8-4-3-5-17(23)25/h3-8,10-11,15H,2,9,12,19H2,1H3,(H,22,24)/b21-11+. The number of nitrogens with one attached hydrogen (secondary N) is 1. The largest absolute Gasteiger partial charge is 0.465 e. The van der Waals surface area contributed by atoms with Gasteiger partial charge in [0.25, 0.3) is 5.56 Å². The number of pyridine rings is 2. The van der Waals surface area contributed by atoms with E-state index in [0.717, 1.165) is 6.21 Å². The Labute approximate surface area is 155 Å². The number of nitrogens with two attached hydrogens (primary N) is 1. The topological polar surface area (TPSA) is 129 Å². The van der Waals surface area contributed by atoms with Crippen LogP contribution in [0.15, 0.2) is 52.6 Å². The third kappa shape index (κ3) is 6.48. The molecule has 0 aliphatic rings. The summed E-state index contributed by atoms with van der Waals surface area (Å²) in [5.41, 5.74) is 9.09. The second kappa shape index (κ2) is 9.97. The summed E-state index contributed by atoms with van der Waals surface area (Å²) < 4.78 is 6.26. The first-order valence-corrected chi connectivity index (χ1v) is 8.33. The van der Waals surface area contributed by atoms with E-state index in [0.29, 0.717) is 17.8 Å². The first kappa shape index (κ1) is 20.0. The summed E-state index contributed by atoms with van der Waals surface area (Å²) in [4.78, 5) is 39.1. The van der Waals surface area contributed by atoms with Crippen molar-refractivity contribution in [3.63, 3.8) is 0 Å². The van der Waals surface area contributed by atoms with Crippen molar-refractivity contribution in [3.8, 4) is 0 Å². The van der Waals surface area contributed by atoms with Crippen LogP contribution in [0.5, 0.6) is 0 Å². The van der Waals surface area contributed by atoms with E-state index in [1.54, 1.807) is 43.6 Å². The second-order valence-electron chi connectivity index (χ2n) is 5.59. The number of amides is 1. The van der Waals surface area contributed by atoms with Crippen LogP contribution in [0.4, 0.5) is 0 Å². The Morgan fingerprint density at radius 3 is 2.85 bits per heavy atom. The molecule has 0 aliphatic heterocycles. The van der Waals surface area contributed by atoms with E-state index in [2.05, 4.69) is 15.5 Å². The molecule has 0 saturated heterocycles. The van der Waals surface area contributed by atoms with Crippen molar-refractivity contribution in [2.45, 2.75) is 25.9 Å². The van der Waals surface area contributed by atoms with Crippen LogP contribution in [0.25, 0.3) is 0 Å². The lowest BCUT2D eigenvalue weighted by Gasteiger charge is -2.06. The Kier molecular flexibility index (Phi) is 7.38. The van der Waals surface area contributed by atoms with Crippen molar-refractivity contribution < 1.29 is 14.3 Å². The molecule has 1 unspecified atom stereocenters. The fraction of sp³-hybridized carbons (Fsp3) is 0.278. The number of carbonyl (C=O) groups excluding carboxylic acids is 2. The smallest absolute Gasteiger partial charge is 0.328 e. The van der Waals surface area contributed by atoms with Gasteiger partial charge in [-0.3, -0.25) is 14.6 Å². The molecule has 2 heterocycles. The van der Waals surface area contributed by atoms with E-state index < -0.39 is 12.0 Å². The van der Waals surface area contributed by atoms with Gasteiger partial charge in [-0.25, -0.2) is 10.2 Å². The molecular formula is C18H21N5O4. The molecule has 2 rings (SSSR count). The molecule has 1 amide bonds. The Bertz CT molecular complexity index is 861. The predicted octanol–water partition coefficient (Wildman–Crippen LogP) is -0.173. The zero-order valence-electron chi connectivity index (χ0n) is 14.9. The van der Waals surface area contributed by atoms with Crippen LogP contribution in [-0.2, 0) is 27.3 Å². The maximum absolute atomic E-state index is 11.9. The van der Waals surface area contributed by atoms with Gasteiger partial charge in [0.05, 0.1) is 31.5 Å². The Morgan fingerprint density at radius 2 is 2.19 bits per heavy atom. The van der Waals surface area contributed by atoms with Crippen molar-refractivity contribution in [2.24, 2.45) is 10.8 Å². The number of hydrazone groups is 1. The zero-order chi connectivity index (χ0) is 19.6. The molecule has 2 aromatic heterocycles. The molecule has 142 valence electrons. The summed E-state index contributed by atoms with van der Waals surface area (Å²) in [5, 5.41) is 3.64. The highest BCUT2D eigenvalue weighted by Crippen LogP contribution is 2.03. The molecular weight excluding hydrogens is 350 g/mol. The van der Waals surface area contributed by atoms with Crippen LogP contribution in [0.1, 0.15) is 18.2 Å². The van der Waals surface area contributed by atoms with E-state index in [1.807, 2.05) is 0 Å². The van der Waals surface area contributed by atoms with E-state index in [-0.39, 0.29) is 24.5 Å². The highest BCUT2D eigenvalue weighted by molar-refractivity contribution is 5.94. The molecule has 0 bridgehead atoms. The van der Waals surface area contributed by atoms with Crippen LogP contribution >= 0.6 is 0 Å². The van der Waals surface area contributed by atoms with Gasteiger partial charge >= 0.3 is 5.97 Å². The SMILES string of the molecule is CCOC(=O)C(N)/C=N/NC(=O)Cc1ccc(Cn2ccccc2=O)nc1. The molecule has 0 saturated carbocycles. The lowest BCUT2D eigenvalue weighted by molar-refractivity contribution is -0.142. The number of ether oxygens (including phenoxy) is 1. The molecule has 0 fully saturated rings. The van der Waals surface area contributed by atoms with Crippen LogP contribution < -0.4 is 16.7 Å². The Morgan fingerprint density at radius 1 is 1.37 bits per heavy atom. The van der Waals surface area contributed by atoms with Crippen LogP contribution in [0, 0.1) is 0 Å². The highest BCUT2D eigenvalue weighted by Gasteiger charge is 2.11. The maximum Gasteiger partial charge on any atom is 0.328 e. The third-order valence-electron chi connectivity index (χ3n) is 3.47. The lowest BCUT2D eigenvalue weighted by Crippen LogP contribution is -2.34. The average Bonchev–Trinajstić information content (AvgIpc) is 2.65. The van der Waals surface area contributed by atoms with Crippen molar-refractivity contribution in [2.75, 3.05) is 6.61 Å². The van der Waals surface area contributed by atoms with Crippen molar-refractivity contribution in [1.29, 1.82) is 0 Å². The van der Waals surface area contributed by atoms with Crippen molar-refractivity contribution >= 4 is 18.1 Å². The quantitative estimate of drug-likeness (QED) is 0.376. The molecule has 9 heteroatoms. The van der Waals surface area contributed by atoms with Gasteiger partial charge in [-0.15, -0.1) is 0 Å². The molecule has 3 N–H and O–H groups in total. The first-order chi connectivity index (χ1) is 13.0. The maximum atomic E-state index is 11.9. The molecule has 9 nitrogen and oxygen atoms in total. The summed E-state index contributed by atoms with van der Waals surface area (Å²) in [7, 11) is 0. The summed E-state index contributed by atoms with van der Waals surface area (Å²) >= 11 is 0. The molecule has 0 aliphatic carbocycles. The molecule has 2 aromatic rings. The average molecular weight is 371 g/mol. The predicted molar refractivity (Wildman–Crippen MR) is 99.0 cm³/mol. The minimum absolute atomic E-state index is 0.0601. The van der Waals surface area contributed by atoms with Gasteiger partial charge in [0.1, 0.15) is 6.04 Å². The number of esters is 1. The van der Waals surface area contributed by atoms with Gasteiger partial charge in [0.15, 0.2) is 0 Å². The normalized spacial score (nSPS) is 11.9. The van der Waals surface area contributed by atoms with E-state index in [1.165, 1.54) is 10.6 Å². The summed E-state index contributed by atoms with van der Waals surface area (Å²) in [6.07, 6.45) is 4.42. The summed E-state index contributed by atoms with van der Waals surface area (Å²) in [6, 6.07) is 7.40. The van der Waals surface area contributed by atoms with E-state index in [4.69, 9.17) is 10.5 Å². The van der Waals surface area contributed by atoms with E-state index >= 15 is 0 Å². The van der Waals surface area contributed by atoms with Gasteiger partial charge in [-0.1, -0.05) is 12.1 Å². The van der Waals surface area contributed by atoms with Gasteiger partial charge in [-0.05, 0) is 24.6 Å². The van der Waals surface area contributed by atoms with Crippen molar-refractivity contribution in [1.82, 2.24) is 15.0 Å². The fourth-order valence-electron chi connectivity index (χ4n) is 2.13. The Balaban J connectivity index is 1.85. The van der Waals surface area contributed by atoms with Crippen LogP contribution in [-0.4, -0.2) is 40.3 Å². The summed E-state index contributed by atoms with van der Waals surface area (Å²) in [6.45, 7) is 2.23. The highest BCUT2D eigenvalue weighted by atomic mass is 16.5. The molecule has 0 spiro atoms. The van der Waals surface area contributed by atoms with Crippen molar-refractivity contribution in [3.05, 3.63) is 64.3 Å². The van der Waals surface area contributed by atoms with Gasteiger partial charge in [0, 0.05) is 18.5 Å².